The molecule has 0 aliphatic rings. The van der Waals surface area contributed by atoms with E-state index in [1.54, 1.807) is 12.3 Å². The van der Waals surface area contributed by atoms with Crippen LogP contribution in [-0.4, -0.2) is 18.1 Å². The molecular formula is C10H14ClNO2. The van der Waals surface area contributed by atoms with Crippen molar-refractivity contribution >= 4 is 17.6 Å². The largest absolute Gasteiger partial charge is 0.465 e. The van der Waals surface area contributed by atoms with Gasteiger partial charge in [0.15, 0.2) is 0 Å². The molecule has 0 saturated heterocycles. The van der Waals surface area contributed by atoms with Crippen LogP contribution in [0, 0.1) is 6.92 Å². The second-order valence-corrected chi connectivity index (χ2v) is 2.70. The van der Waals surface area contributed by atoms with Gasteiger partial charge in [0.05, 0.1) is 12.7 Å². The Bertz CT molecular complexity index is 313. The van der Waals surface area contributed by atoms with Gasteiger partial charge in [0.1, 0.15) is 5.15 Å². The Kier molecular flexibility index (Phi) is 5.88. The normalized spacial score (nSPS) is 8.64. The molecule has 0 N–H and O–H groups in total. The maximum absolute atomic E-state index is 11.0. The van der Waals surface area contributed by atoms with Crippen LogP contribution in [0.1, 0.15) is 29.8 Å². The number of hydrogen-bond donors (Lipinski definition) is 0. The quantitative estimate of drug-likeness (QED) is 0.534. The number of esters is 1. The number of carbonyl (C=O) groups excluding carboxylic acids is 1. The van der Waals surface area contributed by atoms with Gasteiger partial charge in [-0.2, -0.15) is 0 Å². The van der Waals surface area contributed by atoms with E-state index in [4.69, 9.17) is 11.6 Å². The van der Waals surface area contributed by atoms with Crippen molar-refractivity contribution in [1.29, 1.82) is 0 Å². The van der Waals surface area contributed by atoms with Gasteiger partial charge in [0, 0.05) is 6.20 Å². The minimum Gasteiger partial charge on any atom is -0.465 e. The molecule has 1 rings (SSSR count). The molecule has 0 unspecified atom stereocenters. The molecular weight excluding hydrogens is 202 g/mol. The first-order chi connectivity index (χ1) is 6.65. The van der Waals surface area contributed by atoms with E-state index in [1.807, 2.05) is 20.8 Å². The van der Waals surface area contributed by atoms with Crippen LogP contribution in [-0.2, 0) is 4.74 Å². The molecule has 0 bridgehead atoms. The van der Waals surface area contributed by atoms with Crippen molar-refractivity contribution in [2.75, 3.05) is 7.11 Å². The first-order valence-electron chi connectivity index (χ1n) is 4.35. The van der Waals surface area contributed by atoms with Crippen molar-refractivity contribution in [3.8, 4) is 0 Å². The molecule has 0 aliphatic heterocycles. The van der Waals surface area contributed by atoms with Crippen LogP contribution < -0.4 is 0 Å². The maximum Gasteiger partial charge on any atom is 0.341 e. The molecule has 1 heterocycles. The van der Waals surface area contributed by atoms with Gasteiger partial charge < -0.3 is 4.74 Å². The number of aryl methyl sites for hydroxylation is 1. The number of aromatic nitrogens is 1. The first-order valence-corrected chi connectivity index (χ1v) is 4.73. The summed E-state index contributed by atoms with van der Waals surface area (Å²) < 4.78 is 4.51. The van der Waals surface area contributed by atoms with Gasteiger partial charge in [-0.3, -0.25) is 0 Å². The molecule has 0 atom stereocenters. The molecule has 0 aromatic carbocycles. The molecule has 78 valence electrons. The predicted molar refractivity (Wildman–Crippen MR) is 56.7 cm³/mol. The van der Waals surface area contributed by atoms with Crippen molar-refractivity contribution in [3.05, 3.63) is 28.5 Å². The summed E-state index contributed by atoms with van der Waals surface area (Å²) in [6, 6.07) is 1.64. The highest BCUT2D eigenvalue weighted by Crippen LogP contribution is 2.14. The number of nitrogens with zero attached hydrogens (tertiary/aromatic N) is 1. The van der Waals surface area contributed by atoms with Gasteiger partial charge in [-0.05, 0) is 18.6 Å². The standard InChI is InChI=1S/C8H8ClNO2.C2H6/c1-5-3-6(8(11)12-2)7(9)10-4-5;1-2/h3-4H,1-2H3;1-2H3. The SMILES string of the molecule is CC.COC(=O)c1cc(C)cnc1Cl. The fourth-order valence-electron chi connectivity index (χ4n) is 0.806. The number of methoxy groups -OCH3 is 1. The van der Waals surface area contributed by atoms with Crippen molar-refractivity contribution in [1.82, 2.24) is 4.98 Å². The minimum absolute atomic E-state index is 0.174. The first kappa shape index (κ1) is 12.9. The average Bonchev–Trinajstić information content (AvgIpc) is 2.23. The summed E-state index contributed by atoms with van der Waals surface area (Å²) in [7, 11) is 1.31. The fraction of sp³-hybridized carbons (Fsp3) is 0.400. The molecule has 4 heteroatoms. The van der Waals surface area contributed by atoms with Gasteiger partial charge in [-0.15, -0.1) is 0 Å². The van der Waals surface area contributed by atoms with Crippen LogP contribution in [0.25, 0.3) is 0 Å². The lowest BCUT2D eigenvalue weighted by Crippen LogP contribution is -2.03. The van der Waals surface area contributed by atoms with Crippen molar-refractivity contribution < 1.29 is 9.53 Å². The number of hydrogen-bond acceptors (Lipinski definition) is 3. The van der Waals surface area contributed by atoms with Crippen LogP contribution in [0.2, 0.25) is 5.15 Å². The zero-order valence-electron chi connectivity index (χ0n) is 8.80. The van der Waals surface area contributed by atoms with Crippen LogP contribution in [0.15, 0.2) is 12.3 Å². The Hall–Kier alpha value is -1.09. The fourth-order valence-corrected chi connectivity index (χ4v) is 0.986. The van der Waals surface area contributed by atoms with Crippen LogP contribution in [0.3, 0.4) is 0 Å². The summed E-state index contributed by atoms with van der Waals surface area (Å²) in [5.41, 5.74) is 1.18. The van der Waals surface area contributed by atoms with E-state index in [2.05, 4.69) is 9.72 Å². The van der Waals surface area contributed by atoms with E-state index in [-0.39, 0.29) is 5.15 Å². The Morgan fingerprint density at radius 3 is 2.57 bits per heavy atom. The second kappa shape index (κ2) is 6.38. The minimum atomic E-state index is -0.462. The Balaban J connectivity index is 0.000000791. The lowest BCUT2D eigenvalue weighted by Gasteiger charge is -2.01. The maximum atomic E-state index is 11.0. The number of halogens is 1. The van der Waals surface area contributed by atoms with Crippen molar-refractivity contribution in [3.63, 3.8) is 0 Å². The number of carbonyl (C=O) groups is 1. The van der Waals surface area contributed by atoms with Gasteiger partial charge >= 0.3 is 5.97 Å². The average molecular weight is 216 g/mol. The zero-order chi connectivity index (χ0) is 11.1. The Morgan fingerprint density at radius 1 is 1.50 bits per heavy atom. The molecule has 0 radical (unpaired) electrons. The van der Waals surface area contributed by atoms with Gasteiger partial charge in [0.25, 0.3) is 0 Å². The van der Waals surface area contributed by atoms with E-state index in [9.17, 15) is 4.79 Å². The summed E-state index contributed by atoms with van der Waals surface area (Å²) in [6.45, 7) is 5.83. The molecule has 1 aromatic rings. The highest BCUT2D eigenvalue weighted by molar-refractivity contribution is 6.32. The third kappa shape index (κ3) is 3.34. The summed E-state index contributed by atoms with van der Waals surface area (Å²) in [6.07, 6.45) is 1.59. The van der Waals surface area contributed by atoms with Crippen LogP contribution >= 0.6 is 11.6 Å². The summed E-state index contributed by atoms with van der Waals surface area (Å²) in [5.74, 6) is -0.462. The third-order valence-corrected chi connectivity index (χ3v) is 1.68. The highest BCUT2D eigenvalue weighted by atomic mass is 35.5. The topological polar surface area (TPSA) is 39.2 Å². The lowest BCUT2D eigenvalue weighted by atomic mass is 10.2. The Morgan fingerprint density at radius 2 is 2.07 bits per heavy atom. The summed E-state index contributed by atoms with van der Waals surface area (Å²) in [4.78, 5) is 14.9. The monoisotopic (exact) mass is 215 g/mol. The second-order valence-electron chi connectivity index (χ2n) is 2.34. The van der Waals surface area contributed by atoms with E-state index in [0.29, 0.717) is 5.56 Å². The van der Waals surface area contributed by atoms with Crippen LogP contribution in [0.4, 0.5) is 0 Å². The van der Waals surface area contributed by atoms with Crippen LogP contribution in [0.5, 0.6) is 0 Å². The van der Waals surface area contributed by atoms with E-state index in [1.165, 1.54) is 7.11 Å². The number of pyridine rings is 1. The van der Waals surface area contributed by atoms with Gasteiger partial charge in [-0.1, -0.05) is 25.4 Å². The molecule has 0 fully saturated rings. The molecule has 3 nitrogen and oxygen atoms in total. The molecule has 14 heavy (non-hydrogen) atoms. The lowest BCUT2D eigenvalue weighted by molar-refractivity contribution is 0.0600. The third-order valence-electron chi connectivity index (χ3n) is 1.38. The van der Waals surface area contributed by atoms with E-state index >= 15 is 0 Å². The zero-order valence-corrected chi connectivity index (χ0v) is 9.55. The van der Waals surface area contributed by atoms with E-state index < -0.39 is 5.97 Å². The van der Waals surface area contributed by atoms with Crippen molar-refractivity contribution in [2.45, 2.75) is 20.8 Å². The predicted octanol–water partition coefficient (Wildman–Crippen LogP) is 2.86. The summed E-state index contributed by atoms with van der Waals surface area (Å²) >= 11 is 5.66. The number of rotatable bonds is 1. The smallest absolute Gasteiger partial charge is 0.341 e. The van der Waals surface area contributed by atoms with E-state index in [0.717, 1.165) is 5.56 Å². The van der Waals surface area contributed by atoms with Crippen molar-refractivity contribution in [2.24, 2.45) is 0 Å². The molecule has 0 amide bonds. The Labute approximate surface area is 89.1 Å². The molecule has 0 saturated carbocycles. The summed E-state index contributed by atoms with van der Waals surface area (Å²) in [5, 5.41) is 0.174. The molecule has 0 aliphatic carbocycles. The molecule has 0 spiro atoms. The highest BCUT2D eigenvalue weighted by Gasteiger charge is 2.10. The molecule has 1 aromatic heterocycles. The number of ether oxygens (including phenoxy) is 1. The van der Waals surface area contributed by atoms with Gasteiger partial charge in [-0.25, -0.2) is 9.78 Å². The van der Waals surface area contributed by atoms with Gasteiger partial charge in [0.2, 0.25) is 0 Å².